The van der Waals surface area contributed by atoms with E-state index in [-0.39, 0.29) is 11.7 Å². The van der Waals surface area contributed by atoms with Crippen LogP contribution in [-0.2, 0) is 11.2 Å². The quantitative estimate of drug-likeness (QED) is 0.915. The van der Waals surface area contributed by atoms with Gasteiger partial charge in [-0.3, -0.25) is 4.79 Å². The van der Waals surface area contributed by atoms with E-state index >= 15 is 0 Å². The van der Waals surface area contributed by atoms with Crippen molar-refractivity contribution >= 4 is 17.1 Å². The van der Waals surface area contributed by atoms with Crippen molar-refractivity contribution in [1.29, 1.82) is 0 Å². The Bertz CT molecular complexity index is 584. The lowest BCUT2D eigenvalue weighted by Crippen LogP contribution is -2.23. The van der Waals surface area contributed by atoms with Gasteiger partial charge in [0.1, 0.15) is 5.76 Å². The van der Waals surface area contributed by atoms with Crippen LogP contribution in [0.3, 0.4) is 0 Å². The molecule has 0 saturated carbocycles. The van der Waals surface area contributed by atoms with Crippen LogP contribution in [0.5, 0.6) is 0 Å². The average molecular weight is 287 g/mol. The molecule has 2 aromatic rings. The van der Waals surface area contributed by atoms with Gasteiger partial charge in [-0.25, -0.2) is 0 Å². The van der Waals surface area contributed by atoms with E-state index in [1.165, 1.54) is 4.88 Å². The maximum Gasteiger partial charge on any atom is 0.158 e. The molecule has 2 aromatic heterocycles. The molecule has 0 bridgehead atoms. The topological polar surface area (TPSA) is 42.2 Å². The van der Waals surface area contributed by atoms with Gasteiger partial charge in [-0.2, -0.15) is 0 Å². The van der Waals surface area contributed by atoms with Crippen molar-refractivity contribution in [2.75, 3.05) is 6.54 Å². The van der Waals surface area contributed by atoms with E-state index in [4.69, 9.17) is 4.42 Å². The number of rotatable bonds is 5. The summed E-state index contributed by atoms with van der Waals surface area (Å²) in [7, 11) is 0. The molecule has 0 unspecified atom stereocenters. The largest absolute Gasteiger partial charge is 0.469 e. The van der Waals surface area contributed by atoms with Crippen molar-refractivity contribution in [2.24, 2.45) is 0 Å². The minimum atomic E-state index is 0.173. The fourth-order valence-electron chi connectivity index (χ4n) is 2.54. The van der Waals surface area contributed by atoms with E-state index in [2.05, 4.69) is 22.8 Å². The van der Waals surface area contributed by atoms with Crippen LogP contribution in [0, 0.1) is 0 Å². The number of carbonyl (C=O) groups is 1. The van der Waals surface area contributed by atoms with Crippen LogP contribution >= 0.6 is 11.3 Å². The van der Waals surface area contributed by atoms with Crippen LogP contribution < -0.4 is 5.32 Å². The first kappa shape index (κ1) is 13.2. The lowest BCUT2D eigenvalue weighted by atomic mass is 9.89. The molecule has 0 spiro atoms. The van der Waals surface area contributed by atoms with Crippen LogP contribution in [0.25, 0.3) is 0 Å². The SMILES string of the molecule is O=C1C=C(NCCc2cccs2)C[C@H](c2ccco2)C1. The zero-order chi connectivity index (χ0) is 13.8. The summed E-state index contributed by atoms with van der Waals surface area (Å²) in [5.41, 5.74) is 1.03. The van der Waals surface area contributed by atoms with Crippen LogP contribution in [0.4, 0.5) is 0 Å². The summed E-state index contributed by atoms with van der Waals surface area (Å²) in [5.74, 6) is 1.26. The standard InChI is InChI=1S/C16H17NO2S/c18-14-10-12(16-4-1-7-19-16)9-13(11-14)17-6-5-15-3-2-8-20-15/h1-4,7-8,11-12,17H,5-6,9-10H2/t12-/m0/s1. The van der Waals surface area contributed by atoms with Gasteiger partial charge in [0.2, 0.25) is 0 Å². The van der Waals surface area contributed by atoms with Crippen molar-refractivity contribution in [2.45, 2.75) is 25.2 Å². The van der Waals surface area contributed by atoms with Crippen molar-refractivity contribution in [1.82, 2.24) is 5.32 Å². The summed E-state index contributed by atoms with van der Waals surface area (Å²) in [6, 6.07) is 8.03. The van der Waals surface area contributed by atoms with E-state index in [1.807, 2.05) is 12.1 Å². The number of hydrogen-bond donors (Lipinski definition) is 1. The van der Waals surface area contributed by atoms with Crippen LogP contribution in [0.1, 0.15) is 29.4 Å². The fraction of sp³-hybridized carbons (Fsp3) is 0.312. The van der Waals surface area contributed by atoms with E-state index in [1.54, 1.807) is 23.7 Å². The second-order valence-electron chi connectivity index (χ2n) is 5.01. The van der Waals surface area contributed by atoms with Crippen LogP contribution in [-0.4, -0.2) is 12.3 Å². The highest BCUT2D eigenvalue weighted by molar-refractivity contribution is 7.09. The number of carbonyl (C=O) groups excluding carboxylic acids is 1. The first-order valence-electron chi connectivity index (χ1n) is 6.84. The molecule has 4 heteroatoms. The molecule has 104 valence electrons. The lowest BCUT2D eigenvalue weighted by molar-refractivity contribution is -0.115. The van der Waals surface area contributed by atoms with Gasteiger partial charge < -0.3 is 9.73 Å². The van der Waals surface area contributed by atoms with E-state index in [9.17, 15) is 4.79 Å². The third kappa shape index (κ3) is 3.20. The number of allylic oxidation sites excluding steroid dienone is 2. The molecule has 2 heterocycles. The smallest absolute Gasteiger partial charge is 0.158 e. The summed E-state index contributed by atoms with van der Waals surface area (Å²) in [6.07, 6.45) is 5.80. The van der Waals surface area contributed by atoms with Gasteiger partial charge in [-0.1, -0.05) is 6.07 Å². The maximum atomic E-state index is 11.8. The van der Waals surface area contributed by atoms with Crippen molar-refractivity contribution in [3.8, 4) is 0 Å². The second-order valence-corrected chi connectivity index (χ2v) is 6.04. The Morgan fingerprint density at radius 1 is 1.30 bits per heavy atom. The molecule has 0 fully saturated rings. The molecule has 20 heavy (non-hydrogen) atoms. The Hall–Kier alpha value is -1.81. The summed E-state index contributed by atoms with van der Waals surface area (Å²) >= 11 is 1.77. The Labute approximate surface area is 122 Å². The molecular formula is C16H17NO2S. The average Bonchev–Trinajstić information content (AvgIpc) is 3.11. The van der Waals surface area contributed by atoms with Gasteiger partial charge in [0.05, 0.1) is 6.26 Å². The monoisotopic (exact) mass is 287 g/mol. The summed E-state index contributed by atoms with van der Waals surface area (Å²) in [5, 5.41) is 5.48. The molecular weight excluding hydrogens is 270 g/mol. The Morgan fingerprint density at radius 3 is 3.00 bits per heavy atom. The highest BCUT2D eigenvalue weighted by Crippen LogP contribution is 2.30. The van der Waals surface area contributed by atoms with Gasteiger partial charge >= 0.3 is 0 Å². The van der Waals surface area contributed by atoms with Crippen LogP contribution in [0.15, 0.2) is 52.1 Å². The highest BCUT2D eigenvalue weighted by Gasteiger charge is 2.23. The number of nitrogens with one attached hydrogen (secondary N) is 1. The first-order chi connectivity index (χ1) is 9.81. The first-order valence-corrected chi connectivity index (χ1v) is 7.72. The van der Waals surface area contributed by atoms with Gasteiger partial charge in [-0.15, -0.1) is 11.3 Å². The van der Waals surface area contributed by atoms with Gasteiger partial charge in [0.15, 0.2) is 5.78 Å². The van der Waals surface area contributed by atoms with Gasteiger partial charge in [0, 0.05) is 35.5 Å². The molecule has 0 amide bonds. The predicted molar refractivity (Wildman–Crippen MR) is 79.8 cm³/mol. The number of hydrogen-bond acceptors (Lipinski definition) is 4. The van der Waals surface area contributed by atoms with Crippen molar-refractivity contribution < 1.29 is 9.21 Å². The van der Waals surface area contributed by atoms with Gasteiger partial charge in [-0.05, 0) is 36.4 Å². The molecule has 3 nitrogen and oxygen atoms in total. The molecule has 1 N–H and O–H groups in total. The molecule has 3 rings (SSSR count). The highest BCUT2D eigenvalue weighted by atomic mass is 32.1. The van der Waals surface area contributed by atoms with E-state index in [0.29, 0.717) is 6.42 Å². The molecule has 0 aromatic carbocycles. The molecule has 0 aliphatic heterocycles. The summed E-state index contributed by atoms with van der Waals surface area (Å²) < 4.78 is 5.43. The maximum absolute atomic E-state index is 11.8. The molecule has 1 aliphatic carbocycles. The summed E-state index contributed by atoms with van der Waals surface area (Å²) in [4.78, 5) is 13.2. The third-order valence-electron chi connectivity index (χ3n) is 3.50. The number of furan rings is 1. The molecule has 0 saturated heterocycles. The van der Waals surface area contributed by atoms with E-state index in [0.717, 1.165) is 30.8 Å². The van der Waals surface area contributed by atoms with E-state index < -0.39 is 0 Å². The molecule has 1 aliphatic rings. The van der Waals surface area contributed by atoms with Crippen molar-refractivity contribution in [3.05, 3.63) is 58.3 Å². The summed E-state index contributed by atoms with van der Waals surface area (Å²) in [6.45, 7) is 0.866. The Balaban J connectivity index is 1.57. The predicted octanol–water partition coefficient (Wildman–Crippen LogP) is 3.50. The number of ketones is 1. The van der Waals surface area contributed by atoms with Gasteiger partial charge in [0.25, 0.3) is 0 Å². The lowest BCUT2D eigenvalue weighted by Gasteiger charge is -2.21. The normalized spacial score (nSPS) is 18.9. The van der Waals surface area contributed by atoms with Crippen molar-refractivity contribution in [3.63, 3.8) is 0 Å². The third-order valence-corrected chi connectivity index (χ3v) is 4.43. The Morgan fingerprint density at radius 2 is 2.25 bits per heavy atom. The minimum Gasteiger partial charge on any atom is -0.469 e. The second kappa shape index (κ2) is 6.09. The zero-order valence-electron chi connectivity index (χ0n) is 11.2. The van der Waals surface area contributed by atoms with Crippen LogP contribution in [0.2, 0.25) is 0 Å². The molecule has 1 atom stereocenters. The molecule has 0 radical (unpaired) electrons. The number of thiophene rings is 1. The zero-order valence-corrected chi connectivity index (χ0v) is 12.0. The Kier molecular flexibility index (Phi) is 4.02. The fourth-order valence-corrected chi connectivity index (χ4v) is 3.25. The minimum absolute atomic E-state index is 0.173.